The van der Waals surface area contributed by atoms with Gasteiger partial charge in [-0.05, 0) is 29.7 Å². The number of rotatable bonds is 2. The summed E-state index contributed by atoms with van der Waals surface area (Å²) in [7, 11) is -3.90. The summed E-state index contributed by atoms with van der Waals surface area (Å²) in [6, 6.07) is 16.9. The van der Waals surface area contributed by atoms with Gasteiger partial charge in [0, 0.05) is 16.8 Å². The zero-order valence-corrected chi connectivity index (χ0v) is 13.0. The third-order valence-electron chi connectivity index (χ3n) is 3.67. The van der Waals surface area contributed by atoms with Gasteiger partial charge in [-0.3, -0.25) is 0 Å². The summed E-state index contributed by atoms with van der Waals surface area (Å²) < 4.78 is 25.9. The van der Waals surface area contributed by atoms with Crippen LogP contribution < -0.4 is 16.9 Å². The van der Waals surface area contributed by atoms with E-state index < -0.39 is 9.84 Å². The molecule has 6 N–H and O–H groups in total. The summed E-state index contributed by atoms with van der Waals surface area (Å²) in [6.07, 6.45) is 0. The molecule has 3 rings (SSSR count). The highest BCUT2D eigenvalue weighted by Crippen LogP contribution is 2.27. The fraction of sp³-hybridized carbons (Fsp3) is 0. The van der Waals surface area contributed by atoms with E-state index in [0.717, 1.165) is 5.39 Å². The van der Waals surface area contributed by atoms with Crippen molar-refractivity contribution in [3.63, 3.8) is 0 Å². The van der Waals surface area contributed by atoms with Crippen molar-refractivity contribution >= 4 is 37.0 Å². The van der Waals surface area contributed by atoms with Gasteiger partial charge in [0.1, 0.15) is 0 Å². The van der Waals surface area contributed by atoms with Gasteiger partial charge in [-0.15, -0.1) is 0 Å². The summed E-state index contributed by atoms with van der Waals surface area (Å²) in [5.41, 5.74) is 12.5. The van der Waals surface area contributed by atoms with E-state index in [-0.39, 0.29) is 21.2 Å². The van der Waals surface area contributed by atoms with E-state index in [2.05, 4.69) is 0 Å². The van der Waals surface area contributed by atoms with Crippen LogP contribution in [0.3, 0.4) is 0 Å². The van der Waals surface area contributed by atoms with E-state index in [1.165, 1.54) is 18.2 Å². The van der Waals surface area contributed by atoms with Crippen LogP contribution >= 0.6 is 0 Å². The highest BCUT2D eigenvalue weighted by molar-refractivity contribution is 8.06. The average molecular weight is 326 g/mol. The van der Waals surface area contributed by atoms with Gasteiger partial charge in [0.15, 0.2) is 0 Å². The Bertz CT molecular complexity index is 1020. The van der Waals surface area contributed by atoms with Crippen molar-refractivity contribution in [3.05, 3.63) is 66.2 Å². The van der Waals surface area contributed by atoms with Gasteiger partial charge in [-0.1, -0.05) is 36.4 Å². The van der Waals surface area contributed by atoms with Gasteiger partial charge in [-0.25, -0.2) is 13.8 Å². The molecule has 0 saturated carbocycles. The predicted molar refractivity (Wildman–Crippen MR) is 92.4 cm³/mol. The van der Waals surface area contributed by atoms with Crippen LogP contribution in [0.1, 0.15) is 5.56 Å². The molecule has 116 valence electrons. The smallest absolute Gasteiger partial charge is 0.303 e. The van der Waals surface area contributed by atoms with Crippen LogP contribution in [0.2, 0.25) is 0 Å². The average Bonchev–Trinajstić information content (AvgIpc) is 2.55. The SMILES string of the molecule is Nc1ccc(N)c(C(=[NH2+])S(=O)(=O)c2cccc3ccccc23)c1. The second-order valence-corrected chi connectivity index (χ2v) is 7.08. The Balaban J connectivity index is 2.21. The molecule has 3 aromatic carbocycles. The van der Waals surface area contributed by atoms with Crippen molar-refractivity contribution in [1.29, 1.82) is 0 Å². The third kappa shape index (κ3) is 2.53. The van der Waals surface area contributed by atoms with E-state index in [4.69, 9.17) is 16.9 Å². The van der Waals surface area contributed by atoms with E-state index >= 15 is 0 Å². The lowest BCUT2D eigenvalue weighted by atomic mass is 10.1. The van der Waals surface area contributed by atoms with Crippen LogP contribution in [0.25, 0.3) is 10.8 Å². The van der Waals surface area contributed by atoms with Gasteiger partial charge in [0.05, 0.1) is 10.5 Å². The number of sulfone groups is 1. The highest BCUT2D eigenvalue weighted by Gasteiger charge is 2.30. The maximum Gasteiger partial charge on any atom is 0.303 e. The molecule has 0 heterocycles. The molecule has 0 aromatic heterocycles. The fourth-order valence-electron chi connectivity index (χ4n) is 2.48. The maximum absolute atomic E-state index is 13.0. The molecule has 3 aromatic rings. The van der Waals surface area contributed by atoms with Gasteiger partial charge in [-0.2, -0.15) is 0 Å². The predicted octanol–water partition coefficient (Wildman–Crippen LogP) is 0.984. The molecule has 0 amide bonds. The number of nitrogens with two attached hydrogens (primary N) is 3. The molecular formula is C17H16N3O2S+. The molecule has 0 aliphatic rings. The van der Waals surface area contributed by atoms with Gasteiger partial charge in [0.2, 0.25) is 0 Å². The first-order valence-corrected chi connectivity index (χ1v) is 8.40. The summed E-state index contributed by atoms with van der Waals surface area (Å²) in [6.45, 7) is 0. The summed E-state index contributed by atoms with van der Waals surface area (Å²) in [5.74, 6) is 0. The second kappa shape index (κ2) is 5.40. The van der Waals surface area contributed by atoms with Crippen LogP contribution in [0.15, 0.2) is 65.6 Å². The molecule has 0 aliphatic heterocycles. The van der Waals surface area contributed by atoms with Crippen molar-refractivity contribution < 1.29 is 13.8 Å². The van der Waals surface area contributed by atoms with Crippen LogP contribution in [0, 0.1) is 0 Å². The standard InChI is InChI=1S/C17H15N3O2S/c18-12-8-9-15(19)14(10-12)17(20)23(21,22)16-7-3-5-11-4-1-2-6-13(11)16/h1-10,20H,18-19H2/p+1. The molecule has 5 nitrogen and oxygen atoms in total. The summed E-state index contributed by atoms with van der Waals surface area (Å²) in [5, 5.41) is 7.08. The number of fused-ring (bicyclic) bond motifs is 1. The van der Waals surface area contributed by atoms with Crippen molar-refractivity contribution in [3.8, 4) is 0 Å². The summed E-state index contributed by atoms with van der Waals surface area (Å²) in [4.78, 5) is 0.148. The molecule has 23 heavy (non-hydrogen) atoms. The lowest BCUT2D eigenvalue weighted by Gasteiger charge is -2.08. The Kier molecular flexibility index (Phi) is 3.54. The first-order chi connectivity index (χ1) is 10.9. The zero-order valence-electron chi connectivity index (χ0n) is 12.2. The molecule has 0 radical (unpaired) electrons. The zero-order chi connectivity index (χ0) is 16.6. The Morgan fingerprint density at radius 3 is 2.39 bits per heavy atom. The highest BCUT2D eigenvalue weighted by atomic mass is 32.2. The molecule has 0 aliphatic carbocycles. The van der Waals surface area contributed by atoms with Crippen LogP contribution in [-0.2, 0) is 9.84 Å². The first kappa shape index (κ1) is 15.1. The monoisotopic (exact) mass is 326 g/mol. The maximum atomic E-state index is 13.0. The van der Waals surface area contributed by atoms with Crippen LogP contribution in [-0.4, -0.2) is 13.5 Å². The van der Waals surface area contributed by atoms with E-state index in [9.17, 15) is 8.42 Å². The van der Waals surface area contributed by atoms with Crippen LogP contribution in [0.5, 0.6) is 0 Å². The van der Waals surface area contributed by atoms with Gasteiger partial charge in [0.25, 0.3) is 9.84 Å². The third-order valence-corrected chi connectivity index (χ3v) is 5.41. The number of hydrogen-bond acceptors (Lipinski definition) is 4. The Morgan fingerprint density at radius 1 is 0.913 bits per heavy atom. The van der Waals surface area contributed by atoms with E-state index in [1.54, 1.807) is 24.3 Å². The number of hydrogen-bond donors (Lipinski definition) is 3. The molecule has 0 bridgehead atoms. The molecule has 0 unspecified atom stereocenters. The number of benzene rings is 3. The normalized spacial score (nSPS) is 11.5. The largest absolute Gasteiger partial charge is 0.399 e. The fourth-order valence-corrected chi connectivity index (χ4v) is 3.92. The minimum atomic E-state index is -3.90. The summed E-state index contributed by atoms with van der Waals surface area (Å²) >= 11 is 0. The Morgan fingerprint density at radius 2 is 1.61 bits per heavy atom. The van der Waals surface area contributed by atoms with Crippen molar-refractivity contribution in [2.45, 2.75) is 4.90 Å². The van der Waals surface area contributed by atoms with E-state index in [1.807, 2.05) is 18.2 Å². The number of anilines is 2. The van der Waals surface area contributed by atoms with Crippen LogP contribution in [0.4, 0.5) is 11.4 Å². The first-order valence-electron chi connectivity index (χ1n) is 6.92. The lowest BCUT2D eigenvalue weighted by Crippen LogP contribution is -2.45. The van der Waals surface area contributed by atoms with Gasteiger partial charge < -0.3 is 11.5 Å². The topological polar surface area (TPSA) is 112 Å². The molecule has 0 atom stereocenters. The molecule has 0 fully saturated rings. The molecule has 0 spiro atoms. The Labute approximate surface area is 134 Å². The molecule has 0 saturated heterocycles. The van der Waals surface area contributed by atoms with Crippen molar-refractivity contribution in [1.82, 2.24) is 0 Å². The number of nitrogen functional groups attached to an aromatic ring is 2. The van der Waals surface area contributed by atoms with Gasteiger partial charge >= 0.3 is 5.04 Å². The molecular weight excluding hydrogens is 310 g/mol. The van der Waals surface area contributed by atoms with Crippen molar-refractivity contribution in [2.75, 3.05) is 11.5 Å². The van der Waals surface area contributed by atoms with E-state index in [0.29, 0.717) is 11.1 Å². The minimum Gasteiger partial charge on any atom is -0.399 e. The Hall–Kier alpha value is -2.86. The lowest BCUT2D eigenvalue weighted by molar-refractivity contribution is -0.108. The quantitative estimate of drug-likeness (QED) is 0.370. The minimum absolute atomic E-state index is 0.148. The second-order valence-electron chi connectivity index (χ2n) is 5.19. The molecule has 6 heteroatoms. The van der Waals surface area contributed by atoms with Crippen molar-refractivity contribution in [2.24, 2.45) is 0 Å².